The highest BCUT2D eigenvalue weighted by Gasteiger charge is 1.95. The van der Waals surface area contributed by atoms with E-state index in [1.165, 1.54) is 6.42 Å². The molecule has 0 fully saturated rings. The molecule has 0 saturated heterocycles. The maximum Gasteiger partial charge on any atom is 0.0322 e. The minimum atomic E-state index is 0.473. The first-order valence-electron chi connectivity index (χ1n) is 3.14. The van der Waals surface area contributed by atoms with Crippen LogP contribution in [0.3, 0.4) is 0 Å². The maximum absolute atomic E-state index is 5.49. The second kappa shape index (κ2) is 6.63. The van der Waals surface area contributed by atoms with E-state index in [-0.39, 0.29) is 0 Å². The average Bonchev–Trinajstić information content (AvgIpc) is 1.89. The lowest BCUT2D eigenvalue weighted by Crippen LogP contribution is -1.91. The van der Waals surface area contributed by atoms with E-state index in [2.05, 4.69) is 22.5 Å². The van der Waals surface area contributed by atoms with Crippen LogP contribution in [0, 0.1) is 0 Å². The minimum Gasteiger partial charge on any atom is -0.127 e. The van der Waals surface area contributed by atoms with Crippen LogP contribution in [0.25, 0.3) is 0 Å². The van der Waals surface area contributed by atoms with Crippen molar-refractivity contribution in [3.05, 3.63) is 12.7 Å². The minimum absolute atomic E-state index is 0.473. The van der Waals surface area contributed by atoms with Crippen molar-refractivity contribution < 1.29 is 0 Å². The molecule has 0 spiro atoms. The molecule has 0 aliphatic heterocycles. The molecule has 0 aromatic carbocycles. The van der Waals surface area contributed by atoms with Gasteiger partial charge in [0.25, 0.3) is 0 Å². The SMILES string of the molecule is C=CC(Br)CCCCCl. The maximum atomic E-state index is 5.49. The van der Waals surface area contributed by atoms with E-state index in [4.69, 9.17) is 11.6 Å². The lowest BCUT2D eigenvalue weighted by molar-refractivity contribution is 0.747. The molecule has 0 aliphatic carbocycles. The fourth-order valence-corrected chi connectivity index (χ4v) is 1.06. The van der Waals surface area contributed by atoms with Gasteiger partial charge in [-0.15, -0.1) is 18.2 Å². The van der Waals surface area contributed by atoms with Gasteiger partial charge in [-0.3, -0.25) is 0 Å². The first kappa shape index (κ1) is 9.51. The van der Waals surface area contributed by atoms with E-state index in [0.717, 1.165) is 18.7 Å². The molecule has 0 rings (SSSR count). The Morgan fingerprint density at radius 2 is 2.22 bits per heavy atom. The Labute approximate surface area is 70.4 Å². The molecule has 1 unspecified atom stereocenters. The van der Waals surface area contributed by atoms with Crippen LogP contribution in [0.1, 0.15) is 19.3 Å². The van der Waals surface area contributed by atoms with Gasteiger partial charge in [-0.2, -0.15) is 0 Å². The van der Waals surface area contributed by atoms with E-state index in [0.29, 0.717) is 4.83 Å². The normalized spacial score (nSPS) is 13.1. The van der Waals surface area contributed by atoms with Crippen molar-refractivity contribution in [1.82, 2.24) is 0 Å². The molecule has 2 heteroatoms. The van der Waals surface area contributed by atoms with Crippen molar-refractivity contribution in [2.45, 2.75) is 24.1 Å². The summed E-state index contributed by atoms with van der Waals surface area (Å²) < 4.78 is 0. The zero-order valence-electron chi connectivity index (χ0n) is 5.45. The van der Waals surface area contributed by atoms with Gasteiger partial charge in [0.1, 0.15) is 0 Å². The summed E-state index contributed by atoms with van der Waals surface area (Å²) in [7, 11) is 0. The van der Waals surface area contributed by atoms with Gasteiger partial charge in [0, 0.05) is 10.7 Å². The highest BCUT2D eigenvalue weighted by Crippen LogP contribution is 2.10. The molecule has 54 valence electrons. The van der Waals surface area contributed by atoms with Gasteiger partial charge in [-0.05, 0) is 12.8 Å². The Bertz CT molecular complexity index is 73.3. The summed E-state index contributed by atoms with van der Waals surface area (Å²) in [6.45, 7) is 3.66. The van der Waals surface area contributed by atoms with Gasteiger partial charge < -0.3 is 0 Å². The third-order valence-corrected chi connectivity index (χ3v) is 2.22. The van der Waals surface area contributed by atoms with Crippen LogP contribution in [0.4, 0.5) is 0 Å². The van der Waals surface area contributed by atoms with Gasteiger partial charge in [0.05, 0.1) is 0 Å². The number of unbranched alkanes of at least 4 members (excludes halogenated alkanes) is 1. The summed E-state index contributed by atoms with van der Waals surface area (Å²) in [5, 5.41) is 0. The van der Waals surface area contributed by atoms with Crippen molar-refractivity contribution in [3.8, 4) is 0 Å². The van der Waals surface area contributed by atoms with Crippen LogP contribution in [0.5, 0.6) is 0 Å². The van der Waals surface area contributed by atoms with E-state index < -0.39 is 0 Å². The third kappa shape index (κ3) is 6.39. The third-order valence-electron chi connectivity index (χ3n) is 1.12. The monoisotopic (exact) mass is 210 g/mol. The average molecular weight is 212 g/mol. The van der Waals surface area contributed by atoms with Crippen molar-refractivity contribution >= 4 is 27.5 Å². The number of alkyl halides is 2. The highest BCUT2D eigenvalue weighted by atomic mass is 79.9. The molecule has 9 heavy (non-hydrogen) atoms. The molecule has 0 nitrogen and oxygen atoms in total. The zero-order valence-corrected chi connectivity index (χ0v) is 7.79. The zero-order chi connectivity index (χ0) is 7.11. The first-order chi connectivity index (χ1) is 4.31. The van der Waals surface area contributed by atoms with E-state index in [1.807, 2.05) is 6.08 Å². The van der Waals surface area contributed by atoms with Crippen LogP contribution in [-0.4, -0.2) is 10.7 Å². The van der Waals surface area contributed by atoms with Gasteiger partial charge in [-0.1, -0.05) is 28.4 Å². The standard InChI is InChI=1S/C7H12BrCl/c1-2-7(8)5-3-4-6-9/h2,7H,1,3-6H2. The summed E-state index contributed by atoms with van der Waals surface area (Å²) in [6, 6.07) is 0. The molecule has 0 amide bonds. The summed E-state index contributed by atoms with van der Waals surface area (Å²) in [6.07, 6.45) is 5.35. The summed E-state index contributed by atoms with van der Waals surface area (Å²) >= 11 is 8.93. The van der Waals surface area contributed by atoms with Crippen LogP contribution < -0.4 is 0 Å². The lowest BCUT2D eigenvalue weighted by Gasteiger charge is -2.00. The van der Waals surface area contributed by atoms with Crippen molar-refractivity contribution in [2.75, 3.05) is 5.88 Å². The number of rotatable bonds is 5. The molecule has 0 bridgehead atoms. The van der Waals surface area contributed by atoms with Gasteiger partial charge in [0.2, 0.25) is 0 Å². The van der Waals surface area contributed by atoms with Crippen LogP contribution in [0.15, 0.2) is 12.7 Å². The molecule has 0 aromatic rings. The predicted octanol–water partition coefficient (Wildman–Crippen LogP) is 3.35. The van der Waals surface area contributed by atoms with Gasteiger partial charge >= 0.3 is 0 Å². The molecule has 0 radical (unpaired) electrons. The van der Waals surface area contributed by atoms with E-state index >= 15 is 0 Å². The van der Waals surface area contributed by atoms with Crippen LogP contribution in [-0.2, 0) is 0 Å². The lowest BCUT2D eigenvalue weighted by atomic mass is 10.2. The number of allylic oxidation sites excluding steroid dienone is 1. The van der Waals surface area contributed by atoms with Crippen LogP contribution in [0.2, 0.25) is 0 Å². The second-order valence-electron chi connectivity index (χ2n) is 1.94. The Hall–Kier alpha value is 0.510. The molecule has 1 atom stereocenters. The topological polar surface area (TPSA) is 0 Å². The molecule has 0 saturated carbocycles. The number of hydrogen-bond donors (Lipinski definition) is 0. The molecule has 0 aliphatic rings. The Morgan fingerprint density at radius 1 is 1.56 bits per heavy atom. The summed E-state index contributed by atoms with van der Waals surface area (Å²) in [5.74, 6) is 0.775. The van der Waals surface area contributed by atoms with Crippen molar-refractivity contribution in [2.24, 2.45) is 0 Å². The summed E-state index contributed by atoms with van der Waals surface area (Å²) in [5.41, 5.74) is 0. The largest absolute Gasteiger partial charge is 0.127 e. The summed E-state index contributed by atoms with van der Waals surface area (Å²) in [4.78, 5) is 0.473. The van der Waals surface area contributed by atoms with Gasteiger partial charge in [0.15, 0.2) is 0 Å². The van der Waals surface area contributed by atoms with E-state index in [9.17, 15) is 0 Å². The van der Waals surface area contributed by atoms with Crippen molar-refractivity contribution in [1.29, 1.82) is 0 Å². The molecule has 0 N–H and O–H groups in total. The Balaban J connectivity index is 2.96. The first-order valence-corrected chi connectivity index (χ1v) is 4.59. The van der Waals surface area contributed by atoms with Crippen molar-refractivity contribution in [3.63, 3.8) is 0 Å². The second-order valence-corrected chi connectivity index (χ2v) is 3.49. The Kier molecular flexibility index (Phi) is 7.00. The smallest absolute Gasteiger partial charge is 0.0322 e. The number of hydrogen-bond acceptors (Lipinski definition) is 0. The fourth-order valence-electron chi connectivity index (χ4n) is 0.552. The molecular formula is C7H12BrCl. The number of halogens is 2. The quantitative estimate of drug-likeness (QED) is 0.372. The fraction of sp³-hybridized carbons (Fsp3) is 0.714. The molecular weight excluding hydrogens is 199 g/mol. The predicted molar refractivity (Wildman–Crippen MR) is 47.5 cm³/mol. The molecule has 0 aromatic heterocycles. The van der Waals surface area contributed by atoms with Gasteiger partial charge in [-0.25, -0.2) is 0 Å². The van der Waals surface area contributed by atoms with Crippen LogP contribution >= 0.6 is 27.5 Å². The van der Waals surface area contributed by atoms with E-state index in [1.54, 1.807) is 0 Å². The highest BCUT2D eigenvalue weighted by molar-refractivity contribution is 9.09. The molecule has 0 heterocycles. The Morgan fingerprint density at radius 3 is 2.67 bits per heavy atom.